The summed E-state index contributed by atoms with van der Waals surface area (Å²) in [5.41, 5.74) is 9.23. The normalized spacial score (nSPS) is 12.5. The summed E-state index contributed by atoms with van der Waals surface area (Å²) in [4.78, 5) is 67.4. The fraction of sp³-hybridized carbons (Fsp3) is 0.191. The molecule has 8 heterocycles. The van der Waals surface area contributed by atoms with Crippen molar-refractivity contribution in [3.63, 3.8) is 0 Å². The third-order valence-corrected chi connectivity index (χ3v) is 25.7. The first-order valence-electron chi connectivity index (χ1n) is 37.9. The molecule has 0 radical (unpaired) electrons. The molecule has 0 aliphatic rings. The number of benzene rings is 8. The summed E-state index contributed by atoms with van der Waals surface area (Å²) in [6.07, 6.45) is 15.1. The lowest BCUT2D eigenvalue weighted by Crippen LogP contribution is -2.25. The number of esters is 3. The number of aliphatic hydroxyl groups is 1. The highest BCUT2D eigenvalue weighted by Gasteiger charge is 2.33. The number of thiophene rings is 4. The Morgan fingerprint density at radius 1 is 0.408 bits per heavy atom. The molecule has 0 fully saturated rings. The molecule has 0 spiro atoms. The van der Waals surface area contributed by atoms with Crippen LogP contribution in [-0.4, -0.2) is 78.1 Å². The molecule has 16 rings (SSSR count). The highest BCUT2D eigenvalue weighted by molar-refractivity contribution is 8.26. The van der Waals surface area contributed by atoms with Crippen LogP contribution in [0, 0.1) is 45.3 Å². The van der Waals surface area contributed by atoms with Crippen LogP contribution >= 0.6 is 78.3 Å². The third-order valence-electron chi connectivity index (χ3n) is 20.0. The number of aliphatic carboxylic acids is 1. The highest BCUT2D eigenvalue weighted by Crippen LogP contribution is 2.47. The van der Waals surface area contributed by atoms with Gasteiger partial charge in [0.1, 0.15) is 5.60 Å². The number of hydrogen-bond acceptors (Lipinski definition) is 21. The van der Waals surface area contributed by atoms with Gasteiger partial charge in [0.2, 0.25) is 9.23 Å². The number of carbonyl (C=O) groups is 4. The molecule has 18 nitrogen and oxygen atoms in total. The van der Waals surface area contributed by atoms with Gasteiger partial charge in [-0.3, -0.25) is 39.1 Å². The average Bonchev–Trinajstić information content (AvgIpc) is 1.56. The number of hydrogen-bond donors (Lipinski definition) is 2. The van der Waals surface area contributed by atoms with Crippen molar-refractivity contribution in [3.8, 4) is 68.8 Å². The zero-order valence-corrected chi connectivity index (χ0v) is 72.2. The summed E-state index contributed by atoms with van der Waals surface area (Å²) in [6, 6.07) is 64.0. The van der Waals surface area contributed by atoms with Gasteiger partial charge >= 0.3 is 23.9 Å². The van der Waals surface area contributed by atoms with E-state index < -0.39 is 31.6 Å². The molecule has 0 aliphatic carbocycles. The number of halogens is 3. The molecular weight excluding hydrogens is 1670 g/mol. The van der Waals surface area contributed by atoms with E-state index in [2.05, 4.69) is 77.7 Å². The Hall–Kier alpha value is -11.9. The van der Waals surface area contributed by atoms with Gasteiger partial charge in [-0.1, -0.05) is 135 Å². The number of carbonyl (C=O) groups excluding carboxylic acids is 3. The Bertz CT molecular complexity index is 6600. The number of ether oxygens (including phenoxy) is 3. The van der Waals surface area contributed by atoms with Crippen molar-refractivity contribution in [2.75, 3.05) is 19.8 Å². The SMILES string of the molecule is CC(CC(=O)O)c1cc2c(-c3ccc(C#N)c4ccccc34)cncc2s1.CCOC(=O)CC(C)(Cl)c1cc2c(-c3ccc(C#N)c4ccccc34)cncc2s1.CCOC(=O)CC(C)(O)c1cc2c(-c3ccc(C#N)c4ccccc34)cncc2s1.CCOC(=O)CC(C)c1cc2c(-c3ccc(C#N)c4ccccc34)cncc2s1.O=S(Cl)Cl. The lowest BCUT2D eigenvalue weighted by molar-refractivity contribution is -0.148. The zero-order valence-electron chi connectivity index (χ0n) is 65.8. The van der Waals surface area contributed by atoms with Crippen molar-refractivity contribution in [2.24, 2.45) is 0 Å². The molecule has 16 aromatic rings. The highest BCUT2D eigenvalue weighted by atomic mass is 36.0. The molecular formula is C94H75Cl3N8O10S5. The van der Waals surface area contributed by atoms with Crippen LogP contribution in [0.15, 0.2) is 219 Å². The molecule has 8 aromatic heterocycles. The lowest BCUT2D eigenvalue weighted by atomic mass is 9.94. The maximum absolute atomic E-state index is 12.0. The number of rotatable bonds is 19. The van der Waals surface area contributed by atoms with Gasteiger partial charge in [-0.05, 0) is 127 Å². The van der Waals surface area contributed by atoms with E-state index in [1.807, 2.05) is 223 Å². The zero-order chi connectivity index (χ0) is 85.5. The molecule has 26 heteroatoms. The van der Waals surface area contributed by atoms with E-state index in [4.69, 9.17) is 35.1 Å². The standard InChI is InChI=1S/C24H19ClN2O2S.C24H20N2O3S.C24H20N2O2S.C22H16N2O2S.Cl2OS/c1-3-29-23(28)11-24(2,25)22-10-19-20(13-27-14-21(19)30-22)18-9-8-15(12-26)16-6-4-5-7-17(16)18;1-3-29-23(27)11-24(2,28)22-10-19-20(13-26-14-21(19)30-22)18-9-8-15(12-25)16-6-4-5-7-17(16)18;1-3-28-24(27)10-15(2)22-11-20-21(13-26-14-23(20)29-22)19-9-8-16(12-25)17-6-4-5-7-18(17)19;1-13(8-22(25)26)20-9-18-19(11-24-12-21(18)27-20)17-7-6-14(10-23)15-4-2-3-5-16(15)17;1-4(2)3/h4-10,13-14H,3,11H2,1-2H3;4-10,13-14,28H,3,11H2,1-2H3;4-9,11,13-15H,3,10H2,1-2H3;2-7,9,11-13H,8H2,1H3,(H,25,26);. The predicted molar refractivity (Wildman–Crippen MR) is 485 cm³/mol. The van der Waals surface area contributed by atoms with Gasteiger partial charge in [0.25, 0.3) is 0 Å². The van der Waals surface area contributed by atoms with E-state index in [1.54, 1.807) is 55.8 Å². The van der Waals surface area contributed by atoms with Gasteiger partial charge < -0.3 is 24.4 Å². The minimum atomic E-state index is -1.67. The van der Waals surface area contributed by atoms with Crippen LogP contribution < -0.4 is 0 Å². The minimum Gasteiger partial charge on any atom is -0.481 e. The molecule has 4 atom stereocenters. The maximum Gasteiger partial charge on any atom is 0.309 e. The van der Waals surface area contributed by atoms with Crippen molar-refractivity contribution in [1.29, 1.82) is 21.0 Å². The number of nitrogens with zero attached hydrogens (tertiary/aromatic N) is 8. The summed E-state index contributed by atoms with van der Waals surface area (Å²) in [7, 11) is 7.36. The molecule has 0 bridgehead atoms. The molecule has 2 N–H and O–H groups in total. The molecule has 0 saturated carbocycles. The fourth-order valence-electron chi connectivity index (χ4n) is 14.4. The summed E-state index contributed by atoms with van der Waals surface area (Å²) in [5.74, 6) is -1.69. The Labute approximate surface area is 724 Å². The first kappa shape index (κ1) is 87.4. The Morgan fingerprint density at radius 3 is 1.02 bits per heavy atom. The molecule has 0 saturated heterocycles. The summed E-state index contributed by atoms with van der Waals surface area (Å²) in [5, 5.41) is 69.6. The van der Waals surface area contributed by atoms with Crippen molar-refractivity contribution < 1.29 is 47.8 Å². The minimum absolute atomic E-state index is 0.0505. The summed E-state index contributed by atoms with van der Waals surface area (Å²) in [6.45, 7) is 13.8. The number of carboxylic acids is 1. The molecule has 602 valence electrons. The number of carboxylic acid groups (broad SMARTS) is 1. The summed E-state index contributed by atoms with van der Waals surface area (Å²) >= 11 is 13.0. The van der Waals surface area contributed by atoms with Crippen LogP contribution in [0.5, 0.6) is 0 Å². The van der Waals surface area contributed by atoms with Crippen LogP contribution in [0.4, 0.5) is 0 Å². The van der Waals surface area contributed by atoms with Gasteiger partial charge in [0.05, 0.1) is 116 Å². The van der Waals surface area contributed by atoms with Crippen molar-refractivity contribution in [3.05, 3.63) is 261 Å². The lowest BCUT2D eigenvalue weighted by Gasteiger charge is -2.20. The Morgan fingerprint density at radius 2 is 0.692 bits per heavy atom. The van der Waals surface area contributed by atoms with E-state index in [9.17, 15) is 45.3 Å². The summed E-state index contributed by atoms with van der Waals surface area (Å²) < 4.78 is 28.3. The smallest absolute Gasteiger partial charge is 0.309 e. The number of aromatic nitrogens is 4. The van der Waals surface area contributed by atoms with Crippen LogP contribution in [0.25, 0.3) is 128 Å². The van der Waals surface area contributed by atoms with Gasteiger partial charge in [0.15, 0.2) is 0 Å². The number of alkyl halides is 1. The Balaban J connectivity index is 0.000000144. The van der Waals surface area contributed by atoms with Gasteiger partial charge in [0, 0.05) is 168 Å². The molecule has 8 aromatic carbocycles. The molecule has 0 aliphatic heterocycles. The first-order chi connectivity index (χ1) is 57.8. The fourth-order valence-corrected chi connectivity index (χ4v) is 19.0. The van der Waals surface area contributed by atoms with Crippen molar-refractivity contribution in [1.82, 2.24) is 19.9 Å². The van der Waals surface area contributed by atoms with Crippen LogP contribution in [0.1, 0.15) is 128 Å². The van der Waals surface area contributed by atoms with Crippen LogP contribution in [0.2, 0.25) is 0 Å². The monoisotopic (exact) mass is 1740 g/mol. The van der Waals surface area contributed by atoms with Crippen molar-refractivity contribution in [2.45, 2.75) is 96.5 Å². The van der Waals surface area contributed by atoms with E-state index in [1.165, 1.54) is 22.7 Å². The van der Waals surface area contributed by atoms with Crippen LogP contribution in [0.3, 0.4) is 0 Å². The Kier molecular flexibility index (Phi) is 28.6. The second-order valence-electron chi connectivity index (χ2n) is 28.2. The second-order valence-corrected chi connectivity index (χ2v) is 36.0. The molecule has 0 amide bonds. The average molecular weight is 1740 g/mol. The number of fused-ring (bicyclic) bond motifs is 8. The number of nitriles is 4. The van der Waals surface area contributed by atoms with E-state index in [0.29, 0.717) is 46.8 Å². The van der Waals surface area contributed by atoms with Gasteiger partial charge in [-0.15, -0.1) is 56.9 Å². The molecule has 120 heavy (non-hydrogen) atoms. The third kappa shape index (κ3) is 19.8. The van der Waals surface area contributed by atoms with Gasteiger partial charge in [-0.2, -0.15) is 21.0 Å². The largest absolute Gasteiger partial charge is 0.481 e. The van der Waals surface area contributed by atoms with E-state index in [-0.39, 0.29) is 49.6 Å². The molecule has 4 unspecified atom stereocenters. The van der Waals surface area contributed by atoms with E-state index in [0.717, 1.165) is 143 Å². The first-order valence-corrected chi connectivity index (χ1v) is 44.3. The topological polar surface area (TPSA) is 300 Å². The maximum atomic E-state index is 12.0. The second kappa shape index (κ2) is 39.3. The van der Waals surface area contributed by atoms with Crippen LogP contribution in [-0.2, 0) is 53.1 Å². The van der Waals surface area contributed by atoms with Gasteiger partial charge in [-0.25, -0.2) is 4.21 Å². The quantitative estimate of drug-likeness (QED) is 0.0329. The van der Waals surface area contributed by atoms with E-state index >= 15 is 0 Å². The predicted octanol–water partition coefficient (Wildman–Crippen LogP) is 24.2. The number of pyridine rings is 4. The van der Waals surface area contributed by atoms with Crippen molar-refractivity contribution >= 4 is 195 Å².